The van der Waals surface area contributed by atoms with Gasteiger partial charge in [-0.15, -0.1) is 0 Å². The Kier molecular flexibility index (Phi) is 8.72. The lowest BCUT2D eigenvalue weighted by molar-refractivity contribution is -0.133. The van der Waals surface area contributed by atoms with Crippen molar-refractivity contribution in [2.24, 2.45) is 18.9 Å². The van der Waals surface area contributed by atoms with Crippen LogP contribution in [0.1, 0.15) is 44.5 Å². The molecule has 0 aliphatic heterocycles. The number of aryl methyl sites for hydroxylation is 3. The first-order valence-corrected chi connectivity index (χ1v) is 11.1. The van der Waals surface area contributed by atoms with Crippen LogP contribution in [0.15, 0.2) is 36.5 Å². The SMILES string of the molecule is Cc1ccc(NC(=O)N(CC(=O)N(Cc2cccn2C)CC(C)C)CC(C)C)c(C)c1. The average Bonchev–Trinajstić information content (AvgIpc) is 3.06. The van der Waals surface area contributed by atoms with E-state index in [2.05, 4.69) is 33.0 Å². The van der Waals surface area contributed by atoms with Crippen LogP contribution in [0.5, 0.6) is 0 Å². The van der Waals surface area contributed by atoms with Crippen LogP contribution < -0.4 is 5.32 Å². The minimum absolute atomic E-state index is 0.0358. The quantitative estimate of drug-likeness (QED) is 0.625. The Morgan fingerprint density at radius 3 is 2.19 bits per heavy atom. The van der Waals surface area contributed by atoms with Gasteiger partial charge in [-0.3, -0.25) is 4.79 Å². The van der Waals surface area contributed by atoms with Crippen LogP contribution >= 0.6 is 0 Å². The number of carbonyl (C=O) groups is 2. The summed E-state index contributed by atoms with van der Waals surface area (Å²) in [5.74, 6) is 0.558. The van der Waals surface area contributed by atoms with E-state index in [1.165, 1.54) is 0 Å². The number of urea groups is 1. The maximum atomic E-state index is 13.3. The molecule has 6 nitrogen and oxygen atoms in total. The highest BCUT2D eigenvalue weighted by Gasteiger charge is 2.23. The van der Waals surface area contributed by atoms with Gasteiger partial charge in [-0.1, -0.05) is 45.4 Å². The van der Waals surface area contributed by atoms with Gasteiger partial charge >= 0.3 is 6.03 Å². The van der Waals surface area contributed by atoms with Crippen LogP contribution in [0, 0.1) is 25.7 Å². The summed E-state index contributed by atoms with van der Waals surface area (Å²) in [5, 5.41) is 2.99. The topological polar surface area (TPSA) is 57.6 Å². The molecule has 0 radical (unpaired) electrons. The van der Waals surface area contributed by atoms with Crippen LogP contribution in [0.3, 0.4) is 0 Å². The van der Waals surface area contributed by atoms with Crippen LogP contribution in [0.4, 0.5) is 10.5 Å². The average molecular weight is 427 g/mol. The van der Waals surface area contributed by atoms with E-state index in [0.717, 1.165) is 22.5 Å². The highest BCUT2D eigenvalue weighted by Crippen LogP contribution is 2.17. The standard InChI is InChI=1S/C25H38N4O2/c1-18(2)14-28(16-22-9-8-12-27(22)7)24(30)17-29(15-19(3)4)25(31)26-23-11-10-20(5)13-21(23)6/h8-13,18-19H,14-17H2,1-7H3,(H,26,31). The summed E-state index contributed by atoms with van der Waals surface area (Å²) >= 11 is 0. The molecule has 0 atom stereocenters. The van der Waals surface area contributed by atoms with Crippen LogP contribution in [0.2, 0.25) is 0 Å². The molecule has 0 aliphatic carbocycles. The van der Waals surface area contributed by atoms with Crippen molar-refractivity contribution in [1.82, 2.24) is 14.4 Å². The van der Waals surface area contributed by atoms with Crippen molar-refractivity contribution in [3.05, 3.63) is 53.3 Å². The number of carbonyl (C=O) groups excluding carboxylic acids is 2. The molecule has 31 heavy (non-hydrogen) atoms. The fourth-order valence-corrected chi connectivity index (χ4v) is 3.62. The molecule has 0 aliphatic rings. The smallest absolute Gasteiger partial charge is 0.322 e. The zero-order chi connectivity index (χ0) is 23.1. The number of aromatic nitrogens is 1. The fourth-order valence-electron chi connectivity index (χ4n) is 3.62. The van der Waals surface area contributed by atoms with Crippen molar-refractivity contribution in [1.29, 1.82) is 0 Å². The molecule has 1 aromatic heterocycles. The highest BCUT2D eigenvalue weighted by atomic mass is 16.2. The molecular weight excluding hydrogens is 388 g/mol. The maximum absolute atomic E-state index is 13.3. The van der Waals surface area contributed by atoms with Crippen molar-refractivity contribution in [3.8, 4) is 0 Å². The van der Waals surface area contributed by atoms with Gasteiger partial charge in [-0.05, 0) is 49.4 Å². The first-order valence-electron chi connectivity index (χ1n) is 11.1. The number of hydrogen-bond acceptors (Lipinski definition) is 2. The molecule has 1 N–H and O–H groups in total. The Balaban J connectivity index is 2.16. The normalized spacial score (nSPS) is 11.1. The van der Waals surface area contributed by atoms with Crippen LogP contribution in [-0.4, -0.2) is 45.9 Å². The Morgan fingerprint density at radius 2 is 1.65 bits per heavy atom. The first kappa shape index (κ1) is 24.5. The van der Waals surface area contributed by atoms with Crippen LogP contribution in [-0.2, 0) is 18.4 Å². The van der Waals surface area contributed by atoms with E-state index in [-0.39, 0.29) is 24.4 Å². The van der Waals surface area contributed by atoms with Gasteiger partial charge in [0.25, 0.3) is 0 Å². The summed E-state index contributed by atoms with van der Waals surface area (Å²) in [5.41, 5.74) is 4.01. The molecule has 0 saturated heterocycles. The third-order valence-electron chi connectivity index (χ3n) is 5.16. The monoisotopic (exact) mass is 426 g/mol. The Hall–Kier alpha value is -2.76. The number of nitrogens with zero attached hydrogens (tertiary/aromatic N) is 3. The molecular formula is C25H38N4O2. The minimum Gasteiger partial charge on any atom is -0.353 e. The molecule has 2 rings (SSSR count). The number of anilines is 1. The van der Waals surface area contributed by atoms with Gasteiger partial charge in [0, 0.05) is 37.7 Å². The van der Waals surface area contributed by atoms with Crippen molar-refractivity contribution >= 4 is 17.6 Å². The fraction of sp³-hybridized carbons (Fsp3) is 0.520. The van der Waals surface area contributed by atoms with Crippen molar-refractivity contribution in [2.45, 2.75) is 48.1 Å². The lowest BCUT2D eigenvalue weighted by atomic mass is 10.1. The Labute approximate surface area is 187 Å². The third-order valence-corrected chi connectivity index (χ3v) is 5.16. The second-order valence-electron chi connectivity index (χ2n) is 9.30. The zero-order valence-corrected chi connectivity index (χ0v) is 20.1. The first-order chi connectivity index (χ1) is 14.6. The second-order valence-corrected chi connectivity index (χ2v) is 9.30. The molecule has 0 fully saturated rings. The number of rotatable bonds is 9. The predicted molar refractivity (Wildman–Crippen MR) is 127 cm³/mol. The highest BCUT2D eigenvalue weighted by molar-refractivity contribution is 5.93. The Bertz CT molecular complexity index is 885. The maximum Gasteiger partial charge on any atom is 0.322 e. The molecule has 1 aromatic carbocycles. The summed E-state index contributed by atoms with van der Waals surface area (Å²) in [6.45, 7) is 14.1. The molecule has 1 heterocycles. The van der Waals surface area contributed by atoms with Gasteiger partial charge in [0.1, 0.15) is 6.54 Å². The summed E-state index contributed by atoms with van der Waals surface area (Å²) < 4.78 is 2.03. The molecule has 170 valence electrons. The molecule has 3 amide bonds. The number of nitrogens with one attached hydrogen (secondary N) is 1. The predicted octanol–water partition coefficient (Wildman–Crippen LogP) is 4.82. The Morgan fingerprint density at radius 1 is 1.00 bits per heavy atom. The lowest BCUT2D eigenvalue weighted by Gasteiger charge is -2.30. The summed E-state index contributed by atoms with van der Waals surface area (Å²) in [7, 11) is 1.98. The number of benzene rings is 1. The number of hydrogen-bond donors (Lipinski definition) is 1. The van der Waals surface area contributed by atoms with Gasteiger partial charge in [0.05, 0.1) is 6.54 Å². The lowest BCUT2D eigenvalue weighted by Crippen LogP contribution is -2.46. The van der Waals surface area contributed by atoms with E-state index in [9.17, 15) is 9.59 Å². The van der Waals surface area contributed by atoms with E-state index in [1.807, 2.05) is 66.9 Å². The molecule has 0 bridgehead atoms. The van der Waals surface area contributed by atoms with E-state index < -0.39 is 0 Å². The van der Waals surface area contributed by atoms with Gasteiger partial charge in [-0.25, -0.2) is 4.79 Å². The van der Waals surface area contributed by atoms with E-state index in [4.69, 9.17) is 0 Å². The van der Waals surface area contributed by atoms with Gasteiger partial charge in [0.2, 0.25) is 5.91 Å². The van der Waals surface area contributed by atoms with E-state index in [0.29, 0.717) is 25.6 Å². The second kappa shape index (κ2) is 11.0. The van der Waals surface area contributed by atoms with E-state index in [1.54, 1.807) is 4.90 Å². The van der Waals surface area contributed by atoms with E-state index >= 15 is 0 Å². The van der Waals surface area contributed by atoms with Crippen molar-refractivity contribution in [3.63, 3.8) is 0 Å². The summed E-state index contributed by atoms with van der Waals surface area (Å²) in [6.07, 6.45) is 1.98. The van der Waals surface area contributed by atoms with Gasteiger partial charge in [0.15, 0.2) is 0 Å². The number of amides is 3. The third kappa shape index (κ3) is 7.46. The summed E-state index contributed by atoms with van der Waals surface area (Å²) in [4.78, 5) is 29.8. The molecule has 0 saturated carbocycles. The van der Waals surface area contributed by atoms with Crippen LogP contribution in [0.25, 0.3) is 0 Å². The molecule has 0 spiro atoms. The minimum atomic E-state index is -0.239. The van der Waals surface area contributed by atoms with Crippen molar-refractivity contribution in [2.75, 3.05) is 25.0 Å². The summed E-state index contributed by atoms with van der Waals surface area (Å²) in [6, 6.07) is 9.70. The molecule has 6 heteroatoms. The molecule has 2 aromatic rings. The largest absolute Gasteiger partial charge is 0.353 e. The molecule has 0 unspecified atom stereocenters. The van der Waals surface area contributed by atoms with Crippen molar-refractivity contribution < 1.29 is 9.59 Å². The van der Waals surface area contributed by atoms with Gasteiger partial charge in [-0.2, -0.15) is 0 Å². The zero-order valence-electron chi connectivity index (χ0n) is 20.1. The van der Waals surface area contributed by atoms with Gasteiger partial charge < -0.3 is 19.7 Å².